The van der Waals surface area contributed by atoms with Crippen molar-refractivity contribution < 1.29 is 9.90 Å². The fourth-order valence-corrected chi connectivity index (χ4v) is 2.03. The van der Waals surface area contributed by atoms with Crippen molar-refractivity contribution in [2.24, 2.45) is 5.92 Å². The van der Waals surface area contributed by atoms with Crippen LogP contribution in [0.25, 0.3) is 5.69 Å². The second-order valence-corrected chi connectivity index (χ2v) is 6.08. The molecule has 0 radical (unpaired) electrons. The first-order valence-corrected chi connectivity index (χ1v) is 7.61. The van der Waals surface area contributed by atoms with Gasteiger partial charge in [-0.05, 0) is 30.2 Å². The number of nitrogens with one attached hydrogen (secondary N) is 1. The molecule has 1 aromatic carbocycles. The van der Waals surface area contributed by atoms with Gasteiger partial charge in [0.25, 0.3) is 5.91 Å². The van der Waals surface area contributed by atoms with E-state index in [-0.39, 0.29) is 24.1 Å². The molecule has 1 heterocycles. The van der Waals surface area contributed by atoms with Gasteiger partial charge >= 0.3 is 0 Å². The number of aliphatic hydroxyl groups is 1. The molecule has 0 aliphatic carbocycles. The summed E-state index contributed by atoms with van der Waals surface area (Å²) in [6.07, 6.45) is 1.08. The zero-order valence-corrected chi connectivity index (χ0v) is 13.8. The Morgan fingerprint density at radius 1 is 1.32 bits per heavy atom. The monoisotopic (exact) mass is 341 g/mol. The van der Waals surface area contributed by atoms with Crippen LogP contribution in [0.2, 0.25) is 10.0 Å². The first-order chi connectivity index (χ1) is 10.4. The minimum atomic E-state index is -0.582. The Morgan fingerprint density at radius 2 is 2.05 bits per heavy atom. The lowest BCUT2D eigenvalue weighted by atomic mass is 10.1. The molecule has 2 aromatic rings. The molecule has 0 saturated heterocycles. The number of amides is 1. The molecule has 22 heavy (non-hydrogen) atoms. The molecule has 0 aliphatic rings. The summed E-state index contributed by atoms with van der Waals surface area (Å²) < 4.78 is 1.54. The Bertz CT molecular complexity index is 671. The van der Waals surface area contributed by atoms with Crippen LogP contribution in [0.15, 0.2) is 30.5 Å². The van der Waals surface area contributed by atoms with Gasteiger partial charge in [0.2, 0.25) is 0 Å². The quantitative estimate of drug-likeness (QED) is 0.878. The highest BCUT2D eigenvalue weighted by Gasteiger charge is 2.14. The fourth-order valence-electron chi connectivity index (χ4n) is 1.74. The minimum absolute atomic E-state index is 0.0778. The summed E-state index contributed by atoms with van der Waals surface area (Å²) in [5.41, 5.74) is 0.970. The van der Waals surface area contributed by atoms with Crippen molar-refractivity contribution >= 4 is 29.1 Å². The van der Waals surface area contributed by atoms with Crippen molar-refractivity contribution in [3.8, 4) is 5.69 Å². The summed E-state index contributed by atoms with van der Waals surface area (Å²) in [5.74, 6) is -0.257. The molecule has 5 nitrogen and oxygen atoms in total. The van der Waals surface area contributed by atoms with Crippen LogP contribution in [0.4, 0.5) is 0 Å². The van der Waals surface area contributed by atoms with Crippen LogP contribution in [0.5, 0.6) is 0 Å². The van der Waals surface area contributed by atoms with Gasteiger partial charge in [-0.15, -0.1) is 0 Å². The smallest absolute Gasteiger partial charge is 0.271 e. The van der Waals surface area contributed by atoms with E-state index in [4.69, 9.17) is 23.2 Å². The average Bonchev–Trinajstić information content (AvgIpc) is 2.97. The highest BCUT2D eigenvalue weighted by Crippen LogP contribution is 2.24. The van der Waals surface area contributed by atoms with Gasteiger partial charge in [0.05, 0.1) is 21.8 Å². The highest BCUT2D eigenvalue weighted by atomic mass is 35.5. The predicted molar refractivity (Wildman–Crippen MR) is 86.8 cm³/mol. The van der Waals surface area contributed by atoms with E-state index < -0.39 is 6.10 Å². The third-order valence-electron chi connectivity index (χ3n) is 3.23. The number of hydrogen-bond acceptors (Lipinski definition) is 3. The van der Waals surface area contributed by atoms with Crippen molar-refractivity contribution in [1.29, 1.82) is 0 Å². The van der Waals surface area contributed by atoms with Gasteiger partial charge in [-0.2, -0.15) is 5.10 Å². The van der Waals surface area contributed by atoms with Crippen LogP contribution in [-0.2, 0) is 0 Å². The topological polar surface area (TPSA) is 67.2 Å². The maximum atomic E-state index is 12.0. The van der Waals surface area contributed by atoms with Crippen LogP contribution >= 0.6 is 23.2 Å². The number of aliphatic hydroxyl groups excluding tert-OH is 1. The Kier molecular flexibility index (Phi) is 5.45. The summed E-state index contributed by atoms with van der Waals surface area (Å²) in [5, 5.41) is 17.4. The maximum Gasteiger partial charge on any atom is 0.271 e. The number of hydrogen-bond donors (Lipinski definition) is 2. The molecule has 0 saturated carbocycles. The molecule has 2 rings (SSSR count). The third-order valence-corrected chi connectivity index (χ3v) is 3.97. The zero-order valence-electron chi connectivity index (χ0n) is 12.3. The molecule has 0 spiro atoms. The lowest BCUT2D eigenvalue weighted by molar-refractivity contribution is 0.0867. The highest BCUT2D eigenvalue weighted by molar-refractivity contribution is 6.42. The number of aromatic nitrogens is 2. The average molecular weight is 342 g/mol. The molecule has 0 bridgehead atoms. The van der Waals surface area contributed by atoms with E-state index in [2.05, 4.69) is 10.4 Å². The molecule has 1 atom stereocenters. The summed E-state index contributed by atoms with van der Waals surface area (Å²) in [6.45, 7) is 3.96. The first kappa shape index (κ1) is 16.8. The largest absolute Gasteiger partial charge is 0.391 e. The van der Waals surface area contributed by atoms with Crippen LogP contribution < -0.4 is 5.32 Å². The molecule has 0 fully saturated rings. The molecule has 7 heteroatoms. The minimum Gasteiger partial charge on any atom is -0.391 e. The molecular formula is C15H17Cl2N3O2. The van der Waals surface area contributed by atoms with E-state index in [1.807, 2.05) is 13.8 Å². The van der Waals surface area contributed by atoms with Crippen LogP contribution in [0.1, 0.15) is 24.3 Å². The van der Waals surface area contributed by atoms with Crippen molar-refractivity contribution in [2.75, 3.05) is 6.54 Å². The van der Waals surface area contributed by atoms with E-state index in [1.54, 1.807) is 30.5 Å². The number of benzene rings is 1. The predicted octanol–water partition coefficient (Wildman–Crippen LogP) is 2.93. The SMILES string of the molecule is CC(C)C(O)CNC(=O)c1ccn(-c2ccc(Cl)c(Cl)c2)n1. The Morgan fingerprint density at radius 3 is 2.68 bits per heavy atom. The lowest BCUT2D eigenvalue weighted by Crippen LogP contribution is -2.34. The number of nitrogens with zero attached hydrogens (tertiary/aromatic N) is 2. The van der Waals surface area contributed by atoms with Crippen molar-refractivity contribution in [2.45, 2.75) is 20.0 Å². The first-order valence-electron chi connectivity index (χ1n) is 6.86. The van der Waals surface area contributed by atoms with Gasteiger partial charge in [-0.1, -0.05) is 37.0 Å². The van der Waals surface area contributed by atoms with Crippen molar-refractivity contribution in [3.05, 3.63) is 46.2 Å². The molecule has 1 amide bonds. The van der Waals surface area contributed by atoms with Crippen molar-refractivity contribution in [1.82, 2.24) is 15.1 Å². The van der Waals surface area contributed by atoms with Gasteiger partial charge in [0.1, 0.15) is 0 Å². The van der Waals surface area contributed by atoms with Crippen LogP contribution in [0.3, 0.4) is 0 Å². The third kappa shape index (κ3) is 4.00. The molecular weight excluding hydrogens is 325 g/mol. The van der Waals surface area contributed by atoms with E-state index in [9.17, 15) is 9.90 Å². The zero-order chi connectivity index (χ0) is 16.3. The Labute approximate surface area is 138 Å². The van der Waals surface area contributed by atoms with E-state index >= 15 is 0 Å². The summed E-state index contributed by atoms with van der Waals surface area (Å²) in [7, 11) is 0. The van der Waals surface area contributed by atoms with E-state index in [0.717, 1.165) is 0 Å². The van der Waals surface area contributed by atoms with Gasteiger partial charge in [0, 0.05) is 12.7 Å². The summed E-state index contributed by atoms with van der Waals surface area (Å²) >= 11 is 11.8. The number of rotatable bonds is 5. The Hall–Kier alpha value is -1.56. The van der Waals surface area contributed by atoms with Gasteiger partial charge in [0.15, 0.2) is 5.69 Å². The van der Waals surface area contributed by atoms with E-state index in [1.165, 1.54) is 4.68 Å². The normalized spacial score (nSPS) is 12.5. The van der Waals surface area contributed by atoms with E-state index in [0.29, 0.717) is 15.7 Å². The summed E-state index contributed by atoms with van der Waals surface area (Å²) in [6, 6.07) is 6.69. The molecule has 1 aromatic heterocycles. The lowest BCUT2D eigenvalue weighted by Gasteiger charge is -2.14. The summed E-state index contributed by atoms with van der Waals surface area (Å²) in [4.78, 5) is 12.0. The maximum absolute atomic E-state index is 12.0. The molecule has 2 N–H and O–H groups in total. The number of halogens is 2. The fraction of sp³-hybridized carbons (Fsp3) is 0.333. The van der Waals surface area contributed by atoms with Crippen LogP contribution in [0, 0.1) is 5.92 Å². The number of carbonyl (C=O) groups is 1. The molecule has 118 valence electrons. The molecule has 1 unspecified atom stereocenters. The van der Waals surface area contributed by atoms with Gasteiger partial charge in [-0.25, -0.2) is 4.68 Å². The van der Waals surface area contributed by atoms with Gasteiger partial charge < -0.3 is 10.4 Å². The van der Waals surface area contributed by atoms with Gasteiger partial charge in [-0.3, -0.25) is 4.79 Å². The Balaban J connectivity index is 2.07. The van der Waals surface area contributed by atoms with Crippen LogP contribution in [-0.4, -0.2) is 33.4 Å². The second-order valence-electron chi connectivity index (χ2n) is 5.27. The standard InChI is InChI=1S/C15H17Cl2N3O2/c1-9(2)14(21)8-18-15(22)13-5-6-20(19-13)10-3-4-11(16)12(17)7-10/h3-7,9,14,21H,8H2,1-2H3,(H,18,22). The number of carbonyl (C=O) groups excluding carboxylic acids is 1. The van der Waals surface area contributed by atoms with Crippen molar-refractivity contribution in [3.63, 3.8) is 0 Å². The second kappa shape index (κ2) is 7.13. The molecule has 0 aliphatic heterocycles.